The summed E-state index contributed by atoms with van der Waals surface area (Å²) in [7, 11) is 1.92. The van der Waals surface area contributed by atoms with Crippen molar-refractivity contribution in [3.63, 3.8) is 0 Å². The van der Waals surface area contributed by atoms with Crippen LogP contribution in [0.2, 0.25) is 0 Å². The molecule has 2 aromatic rings. The number of carbonyl (C=O) groups excluding carboxylic acids is 1. The Labute approximate surface area is 162 Å². The Morgan fingerprint density at radius 1 is 1.26 bits per heavy atom. The first-order valence-corrected chi connectivity index (χ1v) is 10.1. The first-order valence-electron chi connectivity index (χ1n) is 10.1. The van der Waals surface area contributed by atoms with E-state index in [-0.39, 0.29) is 11.9 Å². The molecule has 1 aliphatic heterocycles. The molecule has 5 nitrogen and oxygen atoms in total. The maximum Gasteiger partial charge on any atom is 0.220 e. The van der Waals surface area contributed by atoms with Gasteiger partial charge in [-0.3, -0.25) is 14.4 Å². The van der Waals surface area contributed by atoms with Gasteiger partial charge in [-0.1, -0.05) is 31.2 Å². The van der Waals surface area contributed by atoms with Crippen LogP contribution in [-0.4, -0.2) is 40.2 Å². The smallest absolute Gasteiger partial charge is 0.220 e. The van der Waals surface area contributed by atoms with Crippen molar-refractivity contribution in [2.45, 2.75) is 45.6 Å². The monoisotopic (exact) mass is 368 g/mol. The molecule has 1 unspecified atom stereocenters. The number of hydrogen-bond donors (Lipinski definition) is 1. The van der Waals surface area contributed by atoms with Crippen molar-refractivity contribution < 1.29 is 4.79 Å². The first-order chi connectivity index (χ1) is 13.0. The molecule has 3 rings (SSSR count). The zero-order valence-electron chi connectivity index (χ0n) is 16.8. The molecule has 1 saturated heterocycles. The Balaban J connectivity index is 1.62. The van der Waals surface area contributed by atoms with Crippen LogP contribution >= 0.6 is 0 Å². The third kappa shape index (κ3) is 5.19. The lowest BCUT2D eigenvalue weighted by Crippen LogP contribution is -2.42. The molecular weight excluding hydrogens is 336 g/mol. The van der Waals surface area contributed by atoms with E-state index in [1.54, 1.807) is 6.20 Å². The lowest BCUT2D eigenvalue weighted by Gasteiger charge is -2.37. The highest BCUT2D eigenvalue weighted by atomic mass is 16.1. The van der Waals surface area contributed by atoms with Gasteiger partial charge in [-0.15, -0.1) is 0 Å². The van der Waals surface area contributed by atoms with Crippen LogP contribution in [0.5, 0.6) is 0 Å². The third-order valence-corrected chi connectivity index (χ3v) is 5.83. The number of benzene rings is 1. The minimum atomic E-state index is 0.111. The van der Waals surface area contributed by atoms with Gasteiger partial charge in [0.05, 0.1) is 6.04 Å². The summed E-state index contributed by atoms with van der Waals surface area (Å²) in [4.78, 5) is 15.0. The minimum absolute atomic E-state index is 0.111. The number of rotatable bonds is 7. The van der Waals surface area contributed by atoms with Crippen LogP contribution in [0, 0.1) is 12.8 Å². The van der Waals surface area contributed by atoms with Gasteiger partial charge in [0, 0.05) is 31.9 Å². The van der Waals surface area contributed by atoms with Gasteiger partial charge in [0.15, 0.2) is 0 Å². The minimum Gasteiger partial charge on any atom is -0.354 e. The maximum atomic E-state index is 12.4. The van der Waals surface area contributed by atoms with E-state index in [1.165, 1.54) is 24.0 Å². The summed E-state index contributed by atoms with van der Waals surface area (Å²) in [5.74, 6) is 0.910. The van der Waals surface area contributed by atoms with Gasteiger partial charge in [-0.25, -0.2) is 0 Å². The summed E-state index contributed by atoms with van der Waals surface area (Å²) in [6, 6.07) is 10.8. The molecule has 1 atom stereocenters. The molecule has 0 saturated carbocycles. The average molecular weight is 369 g/mol. The number of aryl methyl sites for hydroxylation is 3. The summed E-state index contributed by atoms with van der Waals surface area (Å²) in [5, 5.41) is 7.35. The molecule has 2 heterocycles. The van der Waals surface area contributed by atoms with Crippen LogP contribution in [0.4, 0.5) is 0 Å². The Morgan fingerprint density at radius 3 is 2.67 bits per heavy atom. The van der Waals surface area contributed by atoms with Gasteiger partial charge in [0.2, 0.25) is 5.91 Å². The fourth-order valence-electron chi connectivity index (χ4n) is 3.92. The van der Waals surface area contributed by atoms with Gasteiger partial charge in [0.25, 0.3) is 0 Å². The molecule has 1 N–H and O–H groups in total. The topological polar surface area (TPSA) is 50.2 Å². The molecular formula is C22H32N4O. The van der Waals surface area contributed by atoms with Crippen LogP contribution < -0.4 is 5.32 Å². The second-order valence-electron chi connectivity index (χ2n) is 7.84. The van der Waals surface area contributed by atoms with Gasteiger partial charge in [-0.2, -0.15) is 5.10 Å². The van der Waals surface area contributed by atoms with Gasteiger partial charge in [0.1, 0.15) is 0 Å². The molecule has 0 aliphatic carbocycles. The largest absolute Gasteiger partial charge is 0.354 e. The van der Waals surface area contributed by atoms with E-state index in [4.69, 9.17) is 0 Å². The van der Waals surface area contributed by atoms with Crippen LogP contribution in [0.15, 0.2) is 36.5 Å². The summed E-state index contributed by atoms with van der Waals surface area (Å²) < 4.78 is 1.83. The molecule has 1 fully saturated rings. The molecule has 1 aliphatic rings. The summed E-state index contributed by atoms with van der Waals surface area (Å²) in [6.07, 6.45) is 5.46. The number of nitrogens with one attached hydrogen (secondary N) is 1. The van der Waals surface area contributed by atoms with Crippen LogP contribution in [0.25, 0.3) is 0 Å². The SMILES string of the molecule is Cc1ccccc1C(CNC(=O)CCc1ccnn1C)N1CCC(C)CC1. The maximum absolute atomic E-state index is 12.4. The number of piperidine rings is 1. The van der Waals surface area contributed by atoms with E-state index >= 15 is 0 Å². The normalized spacial score (nSPS) is 17.0. The highest BCUT2D eigenvalue weighted by molar-refractivity contribution is 5.76. The molecule has 27 heavy (non-hydrogen) atoms. The quantitative estimate of drug-likeness (QED) is 0.816. The van der Waals surface area contributed by atoms with E-state index in [2.05, 4.69) is 53.4 Å². The van der Waals surface area contributed by atoms with Crippen molar-refractivity contribution in [3.05, 3.63) is 53.3 Å². The molecule has 0 bridgehead atoms. The number of hydrogen-bond acceptors (Lipinski definition) is 3. The lowest BCUT2D eigenvalue weighted by molar-refractivity contribution is -0.121. The van der Waals surface area contributed by atoms with Gasteiger partial charge < -0.3 is 5.32 Å². The van der Waals surface area contributed by atoms with Crippen molar-refractivity contribution in [3.8, 4) is 0 Å². The Bertz CT molecular complexity index is 746. The zero-order valence-corrected chi connectivity index (χ0v) is 16.8. The summed E-state index contributed by atoms with van der Waals surface area (Å²) in [6.45, 7) is 7.37. The van der Waals surface area contributed by atoms with Crippen molar-refractivity contribution in [2.75, 3.05) is 19.6 Å². The van der Waals surface area contributed by atoms with E-state index in [0.29, 0.717) is 13.0 Å². The fourth-order valence-corrected chi connectivity index (χ4v) is 3.92. The van der Waals surface area contributed by atoms with Crippen molar-refractivity contribution >= 4 is 5.91 Å². The van der Waals surface area contributed by atoms with Crippen LogP contribution in [0.1, 0.15) is 49.0 Å². The Morgan fingerprint density at radius 2 is 2.00 bits per heavy atom. The molecule has 146 valence electrons. The molecule has 5 heteroatoms. The number of amides is 1. The fraction of sp³-hybridized carbons (Fsp3) is 0.545. The molecule has 1 aromatic heterocycles. The van der Waals surface area contributed by atoms with Crippen LogP contribution in [-0.2, 0) is 18.3 Å². The Kier molecular flexibility index (Phi) is 6.67. The van der Waals surface area contributed by atoms with E-state index in [9.17, 15) is 4.79 Å². The van der Waals surface area contributed by atoms with Gasteiger partial charge in [-0.05, 0) is 62.4 Å². The lowest BCUT2D eigenvalue weighted by atomic mass is 9.94. The predicted molar refractivity (Wildman–Crippen MR) is 108 cm³/mol. The van der Waals surface area contributed by atoms with Gasteiger partial charge >= 0.3 is 0 Å². The second kappa shape index (κ2) is 9.18. The van der Waals surface area contributed by atoms with Crippen molar-refractivity contribution in [2.24, 2.45) is 13.0 Å². The number of carbonyl (C=O) groups is 1. The van der Waals surface area contributed by atoms with E-state index in [1.807, 2.05) is 17.8 Å². The summed E-state index contributed by atoms with van der Waals surface area (Å²) >= 11 is 0. The van der Waals surface area contributed by atoms with Crippen molar-refractivity contribution in [1.82, 2.24) is 20.0 Å². The highest BCUT2D eigenvalue weighted by Crippen LogP contribution is 2.28. The van der Waals surface area contributed by atoms with Crippen molar-refractivity contribution in [1.29, 1.82) is 0 Å². The highest BCUT2D eigenvalue weighted by Gasteiger charge is 2.26. The van der Waals surface area contributed by atoms with E-state index in [0.717, 1.165) is 31.1 Å². The second-order valence-corrected chi connectivity index (χ2v) is 7.84. The molecule has 0 spiro atoms. The number of nitrogens with zero attached hydrogens (tertiary/aromatic N) is 3. The summed E-state index contributed by atoms with van der Waals surface area (Å²) in [5.41, 5.74) is 3.72. The number of aromatic nitrogens is 2. The van der Waals surface area contributed by atoms with Crippen LogP contribution in [0.3, 0.4) is 0 Å². The average Bonchev–Trinajstić information content (AvgIpc) is 3.08. The predicted octanol–water partition coefficient (Wildman–Crippen LogP) is 3.25. The van der Waals surface area contributed by atoms with E-state index < -0.39 is 0 Å². The standard InChI is InChI=1S/C22H32N4O/c1-17-11-14-26(15-12-17)21(20-7-5-4-6-18(20)2)16-23-22(27)9-8-19-10-13-24-25(19)3/h4-7,10,13,17,21H,8-9,11-12,14-16H2,1-3H3,(H,23,27). The zero-order chi connectivity index (χ0) is 19.2. The number of likely N-dealkylation sites (tertiary alicyclic amines) is 1. The first kappa shape index (κ1) is 19.6. The Hall–Kier alpha value is -2.14. The molecule has 1 amide bonds. The molecule has 1 aromatic carbocycles. The third-order valence-electron chi connectivity index (χ3n) is 5.83. The molecule has 0 radical (unpaired) electrons.